The molecule has 24 heavy (non-hydrogen) atoms. The van der Waals surface area contributed by atoms with Crippen LogP contribution in [0.3, 0.4) is 0 Å². The third kappa shape index (κ3) is 2.85. The number of carbonyl (C=O) groups is 1. The first-order valence-electron chi connectivity index (χ1n) is 8.68. The van der Waals surface area contributed by atoms with Crippen LogP contribution < -0.4 is 0 Å². The number of rotatable bonds is 4. The van der Waals surface area contributed by atoms with Gasteiger partial charge in [-0.3, -0.25) is 4.79 Å². The minimum atomic E-state index is -0.702. The molecule has 2 aliphatic rings. The van der Waals surface area contributed by atoms with Crippen molar-refractivity contribution in [1.82, 2.24) is 0 Å². The molecule has 0 aromatic heterocycles. The number of hydrogen-bond donors (Lipinski definition) is 0. The molecule has 3 nitrogen and oxygen atoms in total. The quantitative estimate of drug-likeness (QED) is 0.655. The average Bonchev–Trinajstić information content (AvgIpc) is 2.50. The zero-order valence-corrected chi connectivity index (χ0v) is 16.2. The molecule has 1 aliphatic carbocycles. The molecule has 0 N–H and O–H groups in total. The van der Waals surface area contributed by atoms with Gasteiger partial charge in [-0.2, -0.15) is 0 Å². The third-order valence-corrected chi connectivity index (χ3v) is 5.17. The van der Waals surface area contributed by atoms with Gasteiger partial charge >= 0.3 is 0 Å². The number of allylic oxidation sites excluding steroid dienone is 7. The number of ketones is 1. The Bertz CT molecular complexity index is 673. The normalized spacial score (nSPS) is 28.0. The fraction of sp³-hybridized carbons (Fsp3) is 0.571. The molecular weight excluding hydrogens is 300 g/mol. The Balaban J connectivity index is 2.60. The van der Waals surface area contributed by atoms with E-state index in [9.17, 15) is 4.79 Å². The van der Waals surface area contributed by atoms with Crippen molar-refractivity contribution in [3.63, 3.8) is 0 Å². The van der Waals surface area contributed by atoms with Crippen LogP contribution in [-0.2, 0) is 14.3 Å². The predicted molar refractivity (Wildman–Crippen MR) is 97.1 cm³/mol. The molecular formula is C21H30O3. The first kappa shape index (κ1) is 18.6. The van der Waals surface area contributed by atoms with Crippen molar-refractivity contribution in [2.45, 2.75) is 54.9 Å². The van der Waals surface area contributed by atoms with Crippen molar-refractivity contribution in [2.75, 3.05) is 7.11 Å². The van der Waals surface area contributed by atoms with Crippen molar-refractivity contribution in [3.05, 3.63) is 46.1 Å². The molecule has 0 bridgehead atoms. The van der Waals surface area contributed by atoms with Crippen molar-refractivity contribution >= 4 is 5.78 Å². The summed E-state index contributed by atoms with van der Waals surface area (Å²) in [5, 5.41) is 0. The molecule has 0 aromatic carbocycles. The highest BCUT2D eigenvalue weighted by atomic mass is 16.7. The van der Waals surface area contributed by atoms with Crippen molar-refractivity contribution in [3.8, 4) is 0 Å². The fourth-order valence-corrected chi connectivity index (χ4v) is 4.11. The lowest BCUT2D eigenvalue weighted by molar-refractivity contribution is -0.129. The molecule has 0 saturated carbocycles. The predicted octanol–water partition coefficient (Wildman–Crippen LogP) is 5.31. The van der Waals surface area contributed by atoms with E-state index in [0.717, 1.165) is 17.8 Å². The first-order valence-corrected chi connectivity index (χ1v) is 8.68. The molecule has 0 saturated heterocycles. The summed E-state index contributed by atoms with van der Waals surface area (Å²) < 4.78 is 11.3. The van der Waals surface area contributed by atoms with Crippen molar-refractivity contribution in [1.29, 1.82) is 0 Å². The summed E-state index contributed by atoms with van der Waals surface area (Å²) in [5.41, 5.74) is 3.30. The van der Waals surface area contributed by atoms with Gasteiger partial charge in [0.1, 0.15) is 5.76 Å². The molecule has 2 atom stereocenters. The average molecular weight is 330 g/mol. The number of ether oxygens (including phenoxy) is 2. The lowest BCUT2D eigenvalue weighted by Gasteiger charge is -2.45. The Morgan fingerprint density at radius 1 is 1.38 bits per heavy atom. The third-order valence-electron chi connectivity index (χ3n) is 5.17. The van der Waals surface area contributed by atoms with Gasteiger partial charge in [-0.05, 0) is 52.5 Å². The van der Waals surface area contributed by atoms with E-state index in [1.54, 1.807) is 14.0 Å². The second kappa shape index (κ2) is 6.62. The molecule has 0 spiro atoms. The molecule has 0 aromatic rings. The summed E-state index contributed by atoms with van der Waals surface area (Å²) >= 11 is 0. The van der Waals surface area contributed by atoms with E-state index >= 15 is 0 Å². The van der Waals surface area contributed by atoms with Crippen LogP contribution in [0, 0.1) is 17.3 Å². The molecule has 3 heteroatoms. The molecule has 132 valence electrons. The van der Waals surface area contributed by atoms with Gasteiger partial charge in [0.2, 0.25) is 0 Å². The molecule has 0 amide bonds. The van der Waals surface area contributed by atoms with Crippen molar-refractivity contribution in [2.24, 2.45) is 17.3 Å². The van der Waals surface area contributed by atoms with Gasteiger partial charge in [0, 0.05) is 5.92 Å². The Labute approximate surface area is 146 Å². The Morgan fingerprint density at radius 2 is 2.00 bits per heavy atom. The van der Waals surface area contributed by atoms with Crippen LogP contribution in [0.5, 0.6) is 0 Å². The van der Waals surface area contributed by atoms with E-state index in [2.05, 4.69) is 39.8 Å². The van der Waals surface area contributed by atoms with E-state index in [4.69, 9.17) is 9.47 Å². The number of fused-ring (bicyclic) bond motifs is 1. The zero-order chi connectivity index (χ0) is 18.2. The van der Waals surface area contributed by atoms with Gasteiger partial charge in [0.05, 0.1) is 18.1 Å². The van der Waals surface area contributed by atoms with Crippen molar-refractivity contribution < 1.29 is 14.3 Å². The van der Waals surface area contributed by atoms with Crippen LogP contribution in [-0.4, -0.2) is 12.9 Å². The fourth-order valence-electron chi connectivity index (χ4n) is 4.11. The summed E-state index contributed by atoms with van der Waals surface area (Å²) in [4.78, 5) is 13.3. The second-order valence-corrected chi connectivity index (χ2v) is 7.66. The Morgan fingerprint density at radius 3 is 2.54 bits per heavy atom. The van der Waals surface area contributed by atoms with E-state index in [0.29, 0.717) is 17.4 Å². The Kier molecular flexibility index (Phi) is 5.12. The second-order valence-electron chi connectivity index (χ2n) is 7.66. The van der Waals surface area contributed by atoms with Gasteiger partial charge in [-0.15, -0.1) is 0 Å². The standard InChI is InChI=1S/C21H30O3/c1-12(2)9-10-13(3)17-14(4)11-15(5)19-21(17,7)18(22)16(6)20(23-8)24-19/h10-12,17H,9H2,1-8H3. The lowest BCUT2D eigenvalue weighted by atomic mass is 9.61. The molecule has 2 unspecified atom stereocenters. The van der Waals surface area contributed by atoms with Crippen LogP contribution in [0.1, 0.15) is 54.9 Å². The first-order chi connectivity index (χ1) is 11.1. The monoisotopic (exact) mass is 330 g/mol. The van der Waals surface area contributed by atoms with Crippen LogP contribution in [0.15, 0.2) is 46.1 Å². The number of carbonyl (C=O) groups excluding carboxylic acids is 1. The van der Waals surface area contributed by atoms with Gasteiger partial charge in [0.25, 0.3) is 5.95 Å². The smallest absolute Gasteiger partial charge is 0.290 e. The van der Waals surface area contributed by atoms with E-state index in [1.807, 2.05) is 13.8 Å². The summed E-state index contributed by atoms with van der Waals surface area (Å²) in [5.74, 6) is 1.76. The van der Waals surface area contributed by atoms with Crippen LogP contribution in [0.2, 0.25) is 0 Å². The SMILES string of the molecule is COC1=C(C)C(=O)C2(C)C(=C(C)C=C(C)C2C(C)=CCC(C)C)O1. The highest BCUT2D eigenvalue weighted by molar-refractivity contribution is 6.03. The summed E-state index contributed by atoms with van der Waals surface area (Å²) in [6.45, 7) is 14.5. The molecule has 1 heterocycles. The minimum Gasteiger partial charge on any atom is -0.468 e. The maximum absolute atomic E-state index is 13.3. The van der Waals surface area contributed by atoms with Crippen LogP contribution >= 0.6 is 0 Å². The molecule has 2 rings (SSSR count). The summed E-state index contributed by atoms with van der Waals surface area (Å²) in [7, 11) is 1.54. The zero-order valence-electron chi connectivity index (χ0n) is 16.2. The lowest BCUT2D eigenvalue weighted by Crippen LogP contribution is -2.45. The topological polar surface area (TPSA) is 35.5 Å². The highest BCUT2D eigenvalue weighted by Gasteiger charge is 2.53. The maximum Gasteiger partial charge on any atom is 0.290 e. The molecule has 0 fully saturated rings. The number of Topliss-reactive ketones (excluding diaryl/α,β-unsaturated/α-hetero) is 1. The largest absolute Gasteiger partial charge is 0.468 e. The summed E-state index contributed by atoms with van der Waals surface area (Å²) in [6.07, 6.45) is 5.42. The van der Waals surface area contributed by atoms with E-state index < -0.39 is 5.41 Å². The maximum atomic E-state index is 13.3. The number of methoxy groups -OCH3 is 1. The van der Waals surface area contributed by atoms with Gasteiger partial charge < -0.3 is 9.47 Å². The Hall–Kier alpha value is -1.77. The van der Waals surface area contributed by atoms with Crippen LogP contribution in [0.4, 0.5) is 0 Å². The van der Waals surface area contributed by atoms with Gasteiger partial charge in [-0.1, -0.05) is 37.1 Å². The van der Waals surface area contributed by atoms with Crippen LogP contribution in [0.25, 0.3) is 0 Å². The highest BCUT2D eigenvalue weighted by Crippen LogP contribution is 2.53. The number of hydrogen-bond acceptors (Lipinski definition) is 3. The van der Waals surface area contributed by atoms with E-state index in [-0.39, 0.29) is 11.7 Å². The summed E-state index contributed by atoms with van der Waals surface area (Å²) in [6, 6.07) is 0. The van der Waals surface area contributed by atoms with E-state index in [1.165, 1.54) is 11.1 Å². The van der Waals surface area contributed by atoms with Gasteiger partial charge in [0.15, 0.2) is 5.78 Å². The molecule has 1 aliphatic heterocycles. The molecule has 0 radical (unpaired) electrons. The van der Waals surface area contributed by atoms with Gasteiger partial charge in [-0.25, -0.2) is 0 Å². The minimum absolute atomic E-state index is 0.0239.